The molecule has 2 rings (SSSR count). The number of aryl methyl sites for hydroxylation is 1. The number of nitrogens with zero attached hydrogens (tertiary/aromatic N) is 1. The largest absolute Gasteiger partial charge is 0.360 e. The minimum atomic E-state index is -0.340. The van der Waals surface area contributed by atoms with E-state index in [4.69, 9.17) is 4.52 Å². The Morgan fingerprint density at radius 1 is 1.42 bits per heavy atom. The van der Waals surface area contributed by atoms with Crippen molar-refractivity contribution in [3.63, 3.8) is 0 Å². The number of aromatic nitrogens is 1. The second kappa shape index (κ2) is 6.14. The van der Waals surface area contributed by atoms with Crippen LogP contribution in [-0.2, 0) is 16.0 Å². The molecule has 0 unspecified atom stereocenters. The van der Waals surface area contributed by atoms with Crippen molar-refractivity contribution in [3.05, 3.63) is 34.2 Å². The molecule has 2 aromatic heterocycles. The molecule has 0 bridgehead atoms. The number of nitrogens with one attached hydrogen (secondary N) is 2. The third-order valence-corrected chi connectivity index (χ3v) is 3.13. The standard InChI is InChI=1S/C12H13N3O3S/c1-8-5-10(15-18-8)14-12(17)7-13-11(16)6-9-3-2-4-19-9/h2-5H,6-7H2,1H3,(H,13,16)(H,14,15,17). The molecule has 0 aliphatic carbocycles. The van der Waals surface area contributed by atoms with Gasteiger partial charge in [-0.25, -0.2) is 0 Å². The van der Waals surface area contributed by atoms with Crippen molar-refractivity contribution in [2.45, 2.75) is 13.3 Å². The summed E-state index contributed by atoms with van der Waals surface area (Å²) in [7, 11) is 0. The molecule has 2 N–H and O–H groups in total. The van der Waals surface area contributed by atoms with Gasteiger partial charge in [-0.05, 0) is 18.4 Å². The zero-order valence-electron chi connectivity index (χ0n) is 10.3. The summed E-state index contributed by atoms with van der Waals surface area (Å²) in [5.74, 6) is 0.425. The first-order valence-corrected chi connectivity index (χ1v) is 6.53. The molecule has 100 valence electrons. The lowest BCUT2D eigenvalue weighted by Crippen LogP contribution is -2.33. The van der Waals surface area contributed by atoms with Crippen LogP contribution in [0.1, 0.15) is 10.6 Å². The van der Waals surface area contributed by atoms with Gasteiger partial charge in [0.1, 0.15) is 5.76 Å². The second-order valence-electron chi connectivity index (χ2n) is 3.90. The molecule has 2 heterocycles. The smallest absolute Gasteiger partial charge is 0.245 e. The maximum atomic E-state index is 11.6. The van der Waals surface area contributed by atoms with Gasteiger partial charge in [-0.1, -0.05) is 11.2 Å². The second-order valence-corrected chi connectivity index (χ2v) is 4.94. The summed E-state index contributed by atoms with van der Waals surface area (Å²) in [5, 5.41) is 10.6. The van der Waals surface area contributed by atoms with Crippen LogP contribution in [0.5, 0.6) is 0 Å². The summed E-state index contributed by atoms with van der Waals surface area (Å²) in [5.41, 5.74) is 0. The first kappa shape index (κ1) is 13.3. The Bertz CT molecular complexity index is 563. The summed E-state index contributed by atoms with van der Waals surface area (Å²) >= 11 is 1.51. The van der Waals surface area contributed by atoms with Gasteiger partial charge in [-0.2, -0.15) is 0 Å². The van der Waals surface area contributed by atoms with Crippen molar-refractivity contribution in [2.75, 3.05) is 11.9 Å². The highest BCUT2D eigenvalue weighted by atomic mass is 32.1. The Morgan fingerprint density at radius 2 is 2.26 bits per heavy atom. The predicted molar refractivity (Wildman–Crippen MR) is 70.9 cm³/mol. The van der Waals surface area contributed by atoms with Crippen molar-refractivity contribution in [1.29, 1.82) is 0 Å². The number of carbonyl (C=O) groups is 2. The van der Waals surface area contributed by atoms with Gasteiger partial charge in [0.2, 0.25) is 11.8 Å². The highest BCUT2D eigenvalue weighted by Crippen LogP contribution is 2.09. The molecule has 2 aromatic rings. The van der Waals surface area contributed by atoms with Crippen molar-refractivity contribution < 1.29 is 14.1 Å². The highest BCUT2D eigenvalue weighted by Gasteiger charge is 2.09. The quantitative estimate of drug-likeness (QED) is 0.865. The molecule has 0 radical (unpaired) electrons. The van der Waals surface area contributed by atoms with Gasteiger partial charge in [-0.15, -0.1) is 11.3 Å². The van der Waals surface area contributed by atoms with E-state index >= 15 is 0 Å². The predicted octanol–water partition coefficient (Wildman–Crippen LogP) is 1.34. The summed E-state index contributed by atoms with van der Waals surface area (Å²) in [4.78, 5) is 24.0. The molecule has 0 spiro atoms. The molecule has 6 nitrogen and oxygen atoms in total. The first-order chi connectivity index (χ1) is 9.13. The number of hydrogen-bond acceptors (Lipinski definition) is 5. The normalized spacial score (nSPS) is 10.2. The van der Waals surface area contributed by atoms with Crippen molar-refractivity contribution in [1.82, 2.24) is 10.5 Å². The molecule has 0 fully saturated rings. The molecule has 2 amide bonds. The Morgan fingerprint density at radius 3 is 2.89 bits per heavy atom. The van der Waals surface area contributed by atoms with Gasteiger partial charge in [0.25, 0.3) is 0 Å². The van der Waals surface area contributed by atoms with Gasteiger partial charge in [0, 0.05) is 10.9 Å². The van der Waals surface area contributed by atoms with E-state index < -0.39 is 0 Å². The Kier molecular flexibility index (Phi) is 4.30. The van der Waals surface area contributed by atoms with Crippen LogP contribution in [0, 0.1) is 6.92 Å². The number of amides is 2. The van der Waals surface area contributed by atoms with Crippen LogP contribution in [0.25, 0.3) is 0 Å². The summed E-state index contributed by atoms with van der Waals surface area (Å²) < 4.78 is 4.81. The number of carbonyl (C=O) groups excluding carboxylic acids is 2. The summed E-state index contributed by atoms with van der Waals surface area (Å²) in [6.07, 6.45) is 0.286. The molecule has 19 heavy (non-hydrogen) atoms. The summed E-state index contributed by atoms with van der Waals surface area (Å²) in [6.45, 7) is 1.64. The van der Waals surface area contributed by atoms with Crippen molar-refractivity contribution in [3.8, 4) is 0 Å². The number of hydrogen-bond donors (Lipinski definition) is 2. The molecule has 0 atom stereocenters. The fourth-order valence-corrected chi connectivity index (χ4v) is 2.13. The zero-order chi connectivity index (χ0) is 13.7. The van der Waals surface area contributed by atoms with E-state index in [-0.39, 0.29) is 24.8 Å². The molecule has 0 aliphatic heterocycles. The molecular weight excluding hydrogens is 266 g/mol. The van der Waals surface area contributed by atoms with Gasteiger partial charge >= 0.3 is 0 Å². The van der Waals surface area contributed by atoms with Crippen LogP contribution in [0.2, 0.25) is 0 Å². The highest BCUT2D eigenvalue weighted by molar-refractivity contribution is 7.10. The van der Waals surface area contributed by atoms with E-state index in [0.29, 0.717) is 11.6 Å². The van der Waals surface area contributed by atoms with Crippen LogP contribution in [0.4, 0.5) is 5.82 Å². The van der Waals surface area contributed by atoms with Crippen LogP contribution in [-0.4, -0.2) is 23.5 Å². The third kappa shape index (κ3) is 4.22. The molecule has 0 aromatic carbocycles. The van der Waals surface area contributed by atoms with Gasteiger partial charge < -0.3 is 15.2 Å². The fraction of sp³-hybridized carbons (Fsp3) is 0.250. The number of thiophene rings is 1. The Balaban J connectivity index is 1.72. The average Bonchev–Trinajstić information content (AvgIpc) is 2.99. The minimum Gasteiger partial charge on any atom is -0.360 e. The van der Waals surface area contributed by atoms with E-state index in [1.165, 1.54) is 11.3 Å². The van der Waals surface area contributed by atoms with E-state index in [2.05, 4.69) is 15.8 Å². The lowest BCUT2D eigenvalue weighted by atomic mass is 10.3. The fourth-order valence-electron chi connectivity index (χ4n) is 1.43. The van der Waals surface area contributed by atoms with Crippen LogP contribution in [0.3, 0.4) is 0 Å². The molecular formula is C12H13N3O3S. The molecule has 0 aliphatic rings. The maximum Gasteiger partial charge on any atom is 0.245 e. The first-order valence-electron chi connectivity index (χ1n) is 5.66. The van der Waals surface area contributed by atoms with Gasteiger partial charge in [-0.3, -0.25) is 9.59 Å². The monoisotopic (exact) mass is 279 g/mol. The van der Waals surface area contributed by atoms with Crippen LogP contribution < -0.4 is 10.6 Å². The van der Waals surface area contributed by atoms with Crippen LogP contribution >= 0.6 is 11.3 Å². The van der Waals surface area contributed by atoms with Crippen molar-refractivity contribution >= 4 is 29.0 Å². The van der Waals surface area contributed by atoms with E-state index in [1.807, 2.05) is 17.5 Å². The SMILES string of the molecule is Cc1cc(NC(=O)CNC(=O)Cc2cccs2)no1. The Labute approximate surface area is 113 Å². The van der Waals surface area contributed by atoms with Crippen molar-refractivity contribution in [2.24, 2.45) is 0 Å². The number of rotatable bonds is 5. The molecule has 0 saturated carbocycles. The topological polar surface area (TPSA) is 84.2 Å². The maximum absolute atomic E-state index is 11.6. The van der Waals surface area contributed by atoms with E-state index in [9.17, 15) is 9.59 Å². The van der Waals surface area contributed by atoms with E-state index in [1.54, 1.807) is 13.0 Å². The van der Waals surface area contributed by atoms with Gasteiger partial charge in [0.15, 0.2) is 5.82 Å². The Hall–Kier alpha value is -2.15. The summed E-state index contributed by atoms with van der Waals surface area (Å²) in [6, 6.07) is 5.36. The minimum absolute atomic E-state index is 0.0872. The van der Waals surface area contributed by atoms with Crippen LogP contribution in [0.15, 0.2) is 28.1 Å². The third-order valence-electron chi connectivity index (χ3n) is 2.26. The zero-order valence-corrected chi connectivity index (χ0v) is 11.1. The van der Waals surface area contributed by atoms with E-state index in [0.717, 1.165) is 4.88 Å². The van der Waals surface area contributed by atoms with Gasteiger partial charge in [0.05, 0.1) is 13.0 Å². The lowest BCUT2D eigenvalue weighted by Gasteiger charge is -2.03. The number of anilines is 1. The average molecular weight is 279 g/mol. The molecule has 7 heteroatoms. The molecule has 0 saturated heterocycles. The lowest BCUT2D eigenvalue weighted by molar-refractivity contribution is -0.123.